The van der Waals surface area contributed by atoms with E-state index < -0.39 is 60.2 Å². The number of aromatic amines is 1. The summed E-state index contributed by atoms with van der Waals surface area (Å²) in [7, 11) is 0. The fraction of sp³-hybridized carbons (Fsp3) is 0.435. The van der Waals surface area contributed by atoms with E-state index in [2.05, 4.69) is 28.2 Å². The molecule has 1 aliphatic rings. The number of para-hydroxylation sites is 1. The van der Waals surface area contributed by atoms with Crippen molar-refractivity contribution in [2.45, 2.75) is 49.9 Å². The number of H-pyrrole nitrogens is 1. The lowest BCUT2D eigenvalue weighted by atomic mass is 10.0. The van der Waals surface area contributed by atoms with Crippen molar-refractivity contribution in [2.24, 2.45) is 11.5 Å². The number of hydrogen-bond donors (Lipinski definition) is 7. The van der Waals surface area contributed by atoms with Gasteiger partial charge < -0.3 is 37.1 Å². The Morgan fingerprint density at radius 3 is 2.56 bits per heavy atom. The molecule has 4 amide bonds. The topological polar surface area (TPSA) is 201 Å². The fourth-order valence-corrected chi connectivity index (χ4v) is 4.52. The van der Waals surface area contributed by atoms with Gasteiger partial charge in [0.25, 0.3) is 0 Å². The highest BCUT2D eigenvalue weighted by Crippen LogP contribution is 2.22. The summed E-state index contributed by atoms with van der Waals surface area (Å²) in [6, 6.07) is 3.12. The van der Waals surface area contributed by atoms with Crippen LogP contribution in [-0.2, 0) is 30.4 Å². The molecule has 4 atom stereocenters. The molecule has 194 valence electrons. The van der Waals surface area contributed by atoms with Crippen LogP contribution in [0.2, 0.25) is 0 Å². The quantitative estimate of drug-likeness (QED) is 0.183. The number of likely N-dealkylation sites (tertiary alicyclic amines) is 1. The zero-order chi connectivity index (χ0) is 26.4. The molecule has 1 aliphatic heterocycles. The number of thiol groups is 1. The number of carbonyl (C=O) groups is 5. The number of nitrogens with one attached hydrogen (secondary N) is 3. The van der Waals surface area contributed by atoms with Gasteiger partial charge in [0.2, 0.25) is 23.6 Å². The average Bonchev–Trinajstić information content (AvgIpc) is 3.48. The number of carboxylic acids is 1. The third-order valence-electron chi connectivity index (χ3n) is 6.11. The Bertz CT molecular complexity index is 1150. The first-order valence-corrected chi connectivity index (χ1v) is 12.1. The van der Waals surface area contributed by atoms with Crippen LogP contribution in [0.5, 0.6) is 0 Å². The molecule has 1 aromatic carbocycles. The number of carbonyl (C=O) groups excluding carboxylic acids is 4. The lowest BCUT2D eigenvalue weighted by Gasteiger charge is -2.28. The SMILES string of the molecule is NC(=O)CC(NC(=O)C1CCCN1C(=O)C(N)Cc1c[nH]c2ccccc12)C(=O)NC(CS)C(=O)O. The maximum absolute atomic E-state index is 13.2. The highest BCUT2D eigenvalue weighted by molar-refractivity contribution is 7.80. The van der Waals surface area contributed by atoms with Gasteiger partial charge in [0.05, 0.1) is 12.5 Å². The van der Waals surface area contributed by atoms with Crippen LogP contribution in [0, 0.1) is 0 Å². The van der Waals surface area contributed by atoms with Gasteiger partial charge in [-0.3, -0.25) is 19.2 Å². The molecule has 1 fully saturated rings. The van der Waals surface area contributed by atoms with E-state index in [1.807, 2.05) is 24.3 Å². The Morgan fingerprint density at radius 1 is 1.17 bits per heavy atom. The van der Waals surface area contributed by atoms with Crippen LogP contribution in [-0.4, -0.2) is 81.1 Å². The Morgan fingerprint density at radius 2 is 1.89 bits per heavy atom. The van der Waals surface area contributed by atoms with E-state index in [9.17, 15) is 24.0 Å². The average molecular weight is 519 g/mol. The van der Waals surface area contributed by atoms with Crippen LogP contribution in [0.1, 0.15) is 24.8 Å². The summed E-state index contributed by atoms with van der Waals surface area (Å²) in [5, 5.41) is 14.8. The van der Waals surface area contributed by atoms with Crippen LogP contribution >= 0.6 is 12.6 Å². The van der Waals surface area contributed by atoms with E-state index in [1.54, 1.807) is 6.20 Å². The highest BCUT2D eigenvalue weighted by Gasteiger charge is 2.38. The predicted molar refractivity (Wildman–Crippen MR) is 134 cm³/mol. The molecule has 12 nitrogen and oxygen atoms in total. The number of aromatic nitrogens is 1. The molecule has 8 N–H and O–H groups in total. The van der Waals surface area contributed by atoms with Crippen molar-refractivity contribution in [1.82, 2.24) is 20.5 Å². The van der Waals surface area contributed by atoms with Crippen molar-refractivity contribution >= 4 is 53.1 Å². The molecule has 0 saturated carbocycles. The third-order valence-corrected chi connectivity index (χ3v) is 6.47. The minimum atomic E-state index is -1.41. The van der Waals surface area contributed by atoms with Gasteiger partial charge in [-0.25, -0.2) is 4.79 Å². The van der Waals surface area contributed by atoms with E-state index >= 15 is 0 Å². The van der Waals surface area contributed by atoms with Crippen molar-refractivity contribution in [3.05, 3.63) is 36.0 Å². The maximum Gasteiger partial charge on any atom is 0.327 e. The first kappa shape index (κ1) is 27.0. The van der Waals surface area contributed by atoms with Gasteiger partial charge in [-0.2, -0.15) is 12.6 Å². The molecule has 0 bridgehead atoms. The first-order valence-electron chi connectivity index (χ1n) is 11.5. The molecule has 3 rings (SSSR count). The van der Waals surface area contributed by atoms with E-state index in [0.717, 1.165) is 16.5 Å². The Kier molecular flexibility index (Phi) is 8.93. The second-order valence-electron chi connectivity index (χ2n) is 8.67. The van der Waals surface area contributed by atoms with Gasteiger partial charge in [0, 0.05) is 29.4 Å². The highest BCUT2D eigenvalue weighted by atomic mass is 32.1. The maximum atomic E-state index is 13.2. The molecule has 2 heterocycles. The summed E-state index contributed by atoms with van der Waals surface area (Å²) in [5.41, 5.74) is 13.2. The van der Waals surface area contributed by atoms with Gasteiger partial charge in [0.1, 0.15) is 18.1 Å². The molecule has 0 radical (unpaired) electrons. The molecule has 4 unspecified atom stereocenters. The predicted octanol–water partition coefficient (Wildman–Crippen LogP) is -1.11. The monoisotopic (exact) mass is 518 g/mol. The summed E-state index contributed by atoms with van der Waals surface area (Å²) in [5.74, 6) is -4.34. The summed E-state index contributed by atoms with van der Waals surface area (Å²) in [6.45, 7) is 0.311. The van der Waals surface area contributed by atoms with Crippen molar-refractivity contribution in [1.29, 1.82) is 0 Å². The zero-order valence-electron chi connectivity index (χ0n) is 19.5. The molecular weight excluding hydrogens is 488 g/mol. The number of hydrogen-bond acceptors (Lipinski definition) is 7. The summed E-state index contributed by atoms with van der Waals surface area (Å²) in [4.78, 5) is 66.0. The van der Waals surface area contributed by atoms with Crippen molar-refractivity contribution in [3.63, 3.8) is 0 Å². The number of benzene rings is 1. The number of rotatable bonds is 11. The second kappa shape index (κ2) is 11.9. The molecule has 0 spiro atoms. The number of nitrogens with zero attached hydrogens (tertiary/aromatic N) is 1. The standard InChI is InChI=1S/C23H30N6O6S/c24-14(8-12-10-26-15-5-2-1-4-13(12)15)22(33)29-7-3-6-18(29)21(32)27-16(9-19(25)30)20(31)28-17(11-36)23(34)35/h1-2,4-5,10,14,16-18,26,36H,3,6-9,11,24H2,(H2,25,30)(H,27,32)(H,28,31)(H,34,35). The first-order chi connectivity index (χ1) is 17.1. The molecule has 1 aromatic heterocycles. The minimum absolute atomic E-state index is 0.197. The van der Waals surface area contributed by atoms with Gasteiger partial charge in [-0.05, 0) is 30.9 Å². The summed E-state index contributed by atoms with van der Waals surface area (Å²) >= 11 is 3.88. The lowest BCUT2D eigenvalue weighted by molar-refractivity contribution is -0.142. The van der Waals surface area contributed by atoms with Crippen LogP contribution in [0.4, 0.5) is 0 Å². The van der Waals surface area contributed by atoms with Crippen LogP contribution in [0.15, 0.2) is 30.5 Å². The van der Waals surface area contributed by atoms with Crippen LogP contribution in [0.25, 0.3) is 10.9 Å². The number of fused-ring (bicyclic) bond motifs is 1. The van der Waals surface area contributed by atoms with Crippen LogP contribution in [0.3, 0.4) is 0 Å². The fourth-order valence-electron chi connectivity index (χ4n) is 4.28. The Balaban J connectivity index is 1.68. The van der Waals surface area contributed by atoms with E-state index in [0.29, 0.717) is 19.4 Å². The third kappa shape index (κ3) is 6.34. The van der Waals surface area contributed by atoms with Gasteiger partial charge in [0.15, 0.2) is 0 Å². The van der Waals surface area contributed by atoms with Gasteiger partial charge in [-0.15, -0.1) is 0 Å². The number of aliphatic carboxylic acids is 1. The van der Waals surface area contributed by atoms with E-state index in [-0.39, 0.29) is 12.2 Å². The van der Waals surface area contributed by atoms with E-state index in [1.165, 1.54) is 4.90 Å². The number of carboxylic acid groups (broad SMARTS) is 1. The number of primary amides is 1. The number of amides is 4. The molecule has 13 heteroatoms. The van der Waals surface area contributed by atoms with Crippen molar-refractivity contribution in [3.8, 4) is 0 Å². The Labute approximate surface area is 212 Å². The van der Waals surface area contributed by atoms with E-state index in [4.69, 9.17) is 16.6 Å². The Hall–Kier alpha value is -3.58. The number of nitrogens with two attached hydrogens (primary N) is 2. The van der Waals surface area contributed by atoms with Gasteiger partial charge in [-0.1, -0.05) is 18.2 Å². The lowest BCUT2D eigenvalue weighted by Crippen LogP contribution is -2.57. The molecule has 1 saturated heterocycles. The second-order valence-corrected chi connectivity index (χ2v) is 9.04. The molecule has 0 aliphatic carbocycles. The zero-order valence-corrected chi connectivity index (χ0v) is 20.4. The van der Waals surface area contributed by atoms with Crippen molar-refractivity contribution in [2.75, 3.05) is 12.3 Å². The van der Waals surface area contributed by atoms with Crippen LogP contribution < -0.4 is 22.1 Å². The van der Waals surface area contributed by atoms with Gasteiger partial charge >= 0.3 is 5.97 Å². The smallest absolute Gasteiger partial charge is 0.327 e. The summed E-state index contributed by atoms with van der Waals surface area (Å²) < 4.78 is 0. The van der Waals surface area contributed by atoms with Crippen molar-refractivity contribution < 1.29 is 29.1 Å². The largest absolute Gasteiger partial charge is 0.480 e. The normalized spacial score (nSPS) is 17.8. The summed E-state index contributed by atoms with van der Waals surface area (Å²) in [6.07, 6.45) is 2.42. The molecular formula is C23H30N6O6S. The molecule has 36 heavy (non-hydrogen) atoms. The minimum Gasteiger partial charge on any atom is -0.480 e. The molecule has 2 aromatic rings.